The van der Waals surface area contributed by atoms with Crippen LogP contribution in [0.15, 0.2) is 41.3 Å². The molecule has 0 aliphatic rings. The van der Waals surface area contributed by atoms with Gasteiger partial charge in [0.2, 0.25) is 0 Å². The van der Waals surface area contributed by atoms with Crippen molar-refractivity contribution in [3.63, 3.8) is 0 Å². The summed E-state index contributed by atoms with van der Waals surface area (Å²) in [7, 11) is 4.83. The van der Waals surface area contributed by atoms with Gasteiger partial charge in [0.05, 0.1) is 12.1 Å². The van der Waals surface area contributed by atoms with Crippen molar-refractivity contribution in [2.75, 3.05) is 34.3 Å². The number of urea groups is 1. The smallest absolute Gasteiger partial charge is 0.347 e. The van der Waals surface area contributed by atoms with Crippen LogP contribution >= 0.6 is 0 Å². The van der Waals surface area contributed by atoms with E-state index in [9.17, 15) is 23.9 Å². The third-order valence-corrected chi connectivity index (χ3v) is 5.30. The van der Waals surface area contributed by atoms with Crippen LogP contribution in [0.5, 0.6) is 5.75 Å². The summed E-state index contributed by atoms with van der Waals surface area (Å²) in [6.07, 6.45) is 1.94. The molecular weight excluding hydrogens is 443 g/mol. The molecule has 0 saturated heterocycles. The maximum absolute atomic E-state index is 13.3. The maximum Gasteiger partial charge on any atom is 0.347 e. The SMILES string of the molecule is CCOC(=O)c1c(O)c2ncc(Cc3ccc(F)cc3)cc2n(CCN(C)C(=O)N(C)C)c1=O. The van der Waals surface area contributed by atoms with E-state index in [1.165, 1.54) is 32.7 Å². The van der Waals surface area contributed by atoms with Crippen molar-refractivity contribution in [3.05, 3.63) is 69.4 Å². The molecule has 0 unspecified atom stereocenters. The second-order valence-electron chi connectivity index (χ2n) is 8.01. The number of hydrogen-bond acceptors (Lipinski definition) is 6. The van der Waals surface area contributed by atoms with Gasteiger partial charge in [0.25, 0.3) is 5.56 Å². The highest BCUT2D eigenvalue weighted by atomic mass is 19.1. The summed E-state index contributed by atoms with van der Waals surface area (Å²) in [4.78, 5) is 45.1. The molecule has 0 fully saturated rings. The zero-order valence-corrected chi connectivity index (χ0v) is 19.5. The third-order valence-electron chi connectivity index (χ3n) is 5.30. The number of pyridine rings is 2. The number of carbonyl (C=O) groups excluding carboxylic acids is 2. The van der Waals surface area contributed by atoms with Crippen LogP contribution in [-0.2, 0) is 17.7 Å². The number of likely N-dealkylation sites (N-methyl/N-ethyl adjacent to an activating group) is 1. The number of hydrogen-bond donors (Lipinski definition) is 1. The standard InChI is InChI=1S/C24H27FN4O5/c1-5-34-23(32)19-21(30)20-18(29(22(19)31)11-10-28(4)24(33)27(2)3)13-16(14-26-20)12-15-6-8-17(25)9-7-15/h6-9,13-14,30H,5,10-12H2,1-4H3. The number of aromatic nitrogens is 2. The number of carbonyl (C=O) groups is 2. The van der Waals surface area contributed by atoms with Gasteiger partial charge in [-0.15, -0.1) is 0 Å². The molecule has 10 heteroatoms. The minimum absolute atomic E-state index is 0.0276. The van der Waals surface area contributed by atoms with E-state index < -0.39 is 22.8 Å². The van der Waals surface area contributed by atoms with Crippen LogP contribution in [0.2, 0.25) is 0 Å². The maximum atomic E-state index is 13.3. The summed E-state index contributed by atoms with van der Waals surface area (Å²) in [5, 5.41) is 10.7. The van der Waals surface area contributed by atoms with Crippen LogP contribution in [-0.4, -0.2) is 70.8 Å². The number of aromatic hydroxyl groups is 1. The Morgan fingerprint density at radius 3 is 2.44 bits per heavy atom. The van der Waals surface area contributed by atoms with Crippen LogP contribution in [0, 0.1) is 5.82 Å². The molecule has 3 rings (SSSR count). The van der Waals surface area contributed by atoms with Crippen LogP contribution < -0.4 is 5.56 Å². The summed E-state index contributed by atoms with van der Waals surface area (Å²) < 4.78 is 19.5. The van der Waals surface area contributed by atoms with Crippen molar-refractivity contribution in [2.24, 2.45) is 0 Å². The molecule has 34 heavy (non-hydrogen) atoms. The summed E-state index contributed by atoms with van der Waals surface area (Å²) in [6.45, 7) is 1.84. The molecule has 2 heterocycles. The van der Waals surface area contributed by atoms with E-state index in [2.05, 4.69) is 4.98 Å². The van der Waals surface area contributed by atoms with E-state index in [-0.39, 0.29) is 37.1 Å². The lowest BCUT2D eigenvalue weighted by atomic mass is 10.1. The zero-order valence-electron chi connectivity index (χ0n) is 19.5. The van der Waals surface area contributed by atoms with Crippen LogP contribution in [0.3, 0.4) is 0 Å². The van der Waals surface area contributed by atoms with Crippen LogP contribution in [0.4, 0.5) is 9.18 Å². The van der Waals surface area contributed by atoms with Crippen molar-refractivity contribution in [3.8, 4) is 5.75 Å². The molecular formula is C24H27FN4O5. The van der Waals surface area contributed by atoms with Gasteiger partial charge in [0.1, 0.15) is 11.3 Å². The molecule has 0 radical (unpaired) electrons. The molecule has 0 aliphatic heterocycles. The zero-order chi connectivity index (χ0) is 25.0. The first kappa shape index (κ1) is 24.7. The number of fused-ring (bicyclic) bond motifs is 1. The molecule has 3 aromatic rings. The van der Waals surface area contributed by atoms with Gasteiger partial charge in [0.15, 0.2) is 11.3 Å². The Hall–Kier alpha value is -3.95. The largest absolute Gasteiger partial charge is 0.505 e. The van der Waals surface area contributed by atoms with Crippen molar-refractivity contribution in [2.45, 2.75) is 19.9 Å². The van der Waals surface area contributed by atoms with Crippen LogP contribution in [0.25, 0.3) is 11.0 Å². The van der Waals surface area contributed by atoms with Gasteiger partial charge >= 0.3 is 12.0 Å². The number of esters is 1. The molecule has 0 saturated carbocycles. The molecule has 0 bridgehead atoms. The molecule has 1 N–H and O–H groups in total. The Bertz CT molecular complexity index is 1270. The molecule has 2 amide bonds. The lowest BCUT2D eigenvalue weighted by molar-refractivity contribution is 0.0520. The van der Waals surface area contributed by atoms with Crippen molar-refractivity contribution in [1.29, 1.82) is 0 Å². The number of amides is 2. The highest BCUT2D eigenvalue weighted by Crippen LogP contribution is 2.26. The van der Waals surface area contributed by atoms with E-state index in [4.69, 9.17) is 4.74 Å². The van der Waals surface area contributed by atoms with Crippen molar-refractivity contribution < 1.29 is 23.8 Å². The van der Waals surface area contributed by atoms with E-state index in [1.807, 2.05) is 0 Å². The molecule has 180 valence electrons. The van der Waals surface area contributed by atoms with Gasteiger partial charge in [-0.3, -0.25) is 9.78 Å². The molecule has 9 nitrogen and oxygen atoms in total. The predicted octanol–water partition coefficient (Wildman–Crippen LogP) is 2.62. The lowest BCUT2D eigenvalue weighted by Crippen LogP contribution is -2.39. The topological polar surface area (TPSA) is 105 Å². The van der Waals surface area contributed by atoms with Gasteiger partial charge < -0.3 is 24.2 Å². The first-order valence-electron chi connectivity index (χ1n) is 10.7. The molecule has 0 aliphatic carbocycles. The first-order valence-corrected chi connectivity index (χ1v) is 10.7. The van der Waals surface area contributed by atoms with Gasteiger partial charge in [-0.1, -0.05) is 12.1 Å². The minimum Gasteiger partial charge on any atom is -0.505 e. The Kier molecular flexibility index (Phi) is 7.50. The van der Waals surface area contributed by atoms with E-state index in [0.29, 0.717) is 17.5 Å². The minimum atomic E-state index is -0.949. The molecule has 2 aromatic heterocycles. The second kappa shape index (κ2) is 10.3. The van der Waals surface area contributed by atoms with E-state index in [1.54, 1.807) is 46.3 Å². The monoisotopic (exact) mass is 470 g/mol. The number of nitrogens with zero attached hydrogens (tertiary/aromatic N) is 4. The predicted molar refractivity (Wildman–Crippen MR) is 125 cm³/mol. The number of benzene rings is 1. The van der Waals surface area contributed by atoms with Crippen molar-refractivity contribution in [1.82, 2.24) is 19.4 Å². The quantitative estimate of drug-likeness (QED) is 0.533. The fourth-order valence-electron chi connectivity index (χ4n) is 3.58. The first-order chi connectivity index (χ1) is 16.1. The third kappa shape index (κ3) is 5.16. The van der Waals surface area contributed by atoms with E-state index >= 15 is 0 Å². The van der Waals surface area contributed by atoms with Crippen molar-refractivity contribution >= 4 is 23.0 Å². The van der Waals surface area contributed by atoms with Gasteiger partial charge in [-0.2, -0.15) is 0 Å². The summed E-state index contributed by atoms with van der Waals surface area (Å²) in [6, 6.07) is 7.45. The summed E-state index contributed by atoms with van der Waals surface area (Å²) >= 11 is 0. The average molecular weight is 471 g/mol. The Morgan fingerprint density at radius 2 is 1.82 bits per heavy atom. The molecule has 1 aromatic carbocycles. The highest BCUT2D eigenvalue weighted by molar-refractivity contribution is 5.98. The summed E-state index contributed by atoms with van der Waals surface area (Å²) in [5.41, 5.74) is 0.672. The van der Waals surface area contributed by atoms with Gasteiger partial charge in [-0.25, -0.2) is 14.0 Å². The average Bonchev–Trinajstić information content (AvgIpc) is 2.80. The fraction of sp³-hybridized carbons (Fsp3) is 0.333. The molecule has 0 atom stereocenters. The summed E-state index contributed by atoms with van der Waals surface area (Å²) in [5.74, 6) is -1.85. The molecule has 0 spiro atoms. The number of halogens is 1. The Morgan fingerprint density at radius 1 is 1.15 bits per heavy atom. The second-order valence-corrected chi connectivity index (χ2v) is 8.01. The normalized spacial score (nSPS) is 10.9. The lowest BCUT2D eigenvalue weighted by Gasteiger charge is -2.23. The number of rotatable bonds is 7. The Labute approximate surface area is 196 Å². The number of ether oxygens (including phenoxy) is 1. The fourth-order valence-corrected chi connectivity index (χ4v) is 3.58. The Balaban J connectivity index is 2.10. The van der Waals surface area contributed by atoms with Gasteiger partial charge in [-0.05, 0) is 42.7 Å². The van der Waals surface area contributed by atoms with Crippen LogP contribution in [0.1, 0.15) is 28.4 Å². The van der Waals surface area contributed by atoms with Gasteiger partial charge in [0, 0.05) is 40.4 Å². The highest BCUT2D eigenvalue weighted by Gasteiger charge is 2.25. The van der Waals surface area contributed by atoms with E-state index in [0.717, 1.165) is 5.56 Å².